The average Bonchev–Trinajstić information content (AvgIpc) is 2.61. The Kier molecular flexibility index (Phi) is 2.63. The lowest BCUT2D eigenvalue weighted by Crippen LogP contribution is -2.20. The van der Waals surface area contributed by atoms with Gasteiger partial charge in [-0.2, -0.15) is 13.2 Å². The van der Waals surface area contributed by atoms with E-state index in [2.05, 4.69) is 4.98 Å². The van der Waals surface area contributed by atoms with Crippen LogP contribution in [0.3, 0.4) is 0 Å². The van der Waals surface area contributed by atoms with Gasteiger partial charge >= 0.3 is 6.18 Å². The van der Waals surface area contributed by atoms with Crippen LogP contribution in [0.5, 0.6) is 0 Å². The number of H-pyrrole nitrogens is 1. The zero-order chi connectivity index (χ0) is 11.8. The van der Waals surface area contributed by atoms with E-state index in [4.69, 9.17) is 5.73 Å². The maximum Gasteiger partial charge on any atom is 0.390 e. The highest BCUT2D eigenvalue weighted by Gasteiger charge is 2.31. The van der Waals surface area contributed by atoms with E-state index in [9.17, 15) is 13.2 Å². The predicted octanol–water partition coefficient (Wildman–Crippen LogP) is 3.12. The first kappa shape index (κ1) is 11.0. The Morgan fingerprint density at radius 1 is 1.25 bits per heavy atom. The van der Waals surface area contributed by atoms with E-state index >= 15 is 0 Å². The number of nitrogens with one attached hydrogen (secondary N) is 1. The molecule has 0 unspecified atom stereocenters. The Morgan fingerprint density at radius 2 is 2.00 bits per heavy atom. The quantitative estimate of drug-likeness (QED) is 0.814. The summed E-state index contributed by atoms with van der Waals surface area (Å²) in [7, 11) is 0. The molecule has 1 heterocycles. The van der Waals surface area contributed by atoms with E-state index in [-0.39, 0.29) is 0 Å². The van der Waals surface area contributed by atoms with Crippen LogP contribution in [-0.2, 0) is 0 Å². The van der Waals surface area contributed by atoms with E-state index in [0.29, 0.717) is 5.56 Å². The number of aromatic nitrogens is 1. The zero-order valence-electron chi connectivity index (χ0n) is 8.38. The van der Waals surface area contributed by atoms with Gasteiger partial charge in [-0.1, -0.05) is 12.1 Å². The van der Waals surface area contributed by atoms with Crippen LogP contribution >= 0.6 is 0 Å². The molecule has 2 rings (SSSR count). The van der Waals surface area contributed by atoms with Crippen molar-refractivity contribution in [2.24, 2.45) is 5.73 Å². The molecular formula is C11H11F3N2. The van der Waals surface area contributed by atoms with Crippen molar-refractivity contribution >= 4 is 10.9 Å². The van der Waals surface area contributed by atoms with Crippen molar-refractivity contribution in [2.45, 2.75) is 18.6 Å². The van der Waals surface area contributed by atoms with Crippen LogP contribution in [0.25, 0.3) is 10.9 Å². The van der Waals surface area contributed by atoms with Crippen LogP contribution in [-0.4, -0.2) is 11.2 Å². The number of nitrogens with two attached hydrogens (primary N) is 1. The van der Waals surface area contributed by atoms with Gasteiger partial charge in [0.1, 0.15) is 0 Å². The van der Waals surface area contributed by atoms with Crippen molar-refractivity contribution in [3.63, 3.8) is 0 Å². The predicted molar refractivity (Wildman–Crippen MR) is 55.9 cm³/mol. The Hall–Kier alpha value is -1.49. The number of hydrogen-bond donors (Lipinski definition) is 2. The lowest BCUT2D eigenvalue weighted by Gasteiger charge is -2.15. The molecule has 1 aromatic carbocycles. The first-order valence-corrected chi connectivity index (χ1v) is 4.86. The molecule has 16 heavy (non-hydrogen) atoms. The molecule has 0 spiro atoms. The van der Waals surface area contributed by atoms with E-state index in [1.54, 1.807) is 30.5 Å². The summed E-state index contributed by atoms with van der Waals surface area (Å²) in [4.78, 5) is 2.94. The van der Waals surface area contributed by atoms with E-state index in [1.165, 1.54) is 0 Å². The van der Waals surface area contributed by atoms with Gasteiger partial charge in [0.05, 0.1) is 6.42 Å². The van der Waals surface area contributed by atoms with Crippen LogP contribution < -0.4 is 5.73 Å². The third kappa shape index (κ3) is 2.19. The van der Waals surface area contributed by atoms with E-state index in [1.807, 2.05) is 0 Å². The summed E-state index contributed by atoms with van der Waals surface area (Å²) in [6.45, 7) is 0. The standard InChI is InChI=1S/C11H11F3N2/c12-11(13,14)6-9(15)7-2-1-3-10-8(7)4-5-16-10/h1-5,9,16H,6,15H2/t9-/m1/s1. The molecule has 0 saturated heterocycles. The second-order valence-electron chi connectivity index (χ2n) is 3.71. The maximum absolute atomic E-state index is 12.2. The first-order chi connectivity index (χ1) is 7.47. The van der Waals surface area contributed by atoms with Crippen LogP contribution in [0.2, 0.25) is 0 Å². The van der Waals surface area contributed by atoms with Gasteiger partial charge in [-0.3, -0.25) is 0 Å². The Labute approximate surface area is 90.3 Å². The molecular weight excluding hydrogens is 217 g/mol. The van der Waals surface area contributed by atoms with Crippen molar-refractivity contribution in [1.82, 2.24) is 4.98 Å². The van der Waals surface area contributed by atoms with Crippen LogP contribution in [0.4, 0.5) is 13.2 Å². The number of aromatic amines is 1. The molecule has 0 radical (unpaired) electrons. The van der Waals surface area contributed by atoms with E-state index < -0.39 is 18.6 Å². The Balaban J connectivity index is 2.36. The van der Waals surface area contributed by atoms with Crippen molar-refractivity contribution in [2.75, 3.05) is 0 Å². The second-order valence-corrected chi connectivity index (χ2v) is 3.71. The van der Waals surface area contributed by atoms with Crippen LogP contribution in [0.15, 0.2) is 30.5 Å². The zero-order valence-corrected chi connectivity index (χ0v) is 8.38. The number of alkyl halides is 3. The third-order valence-electron chi connectivity index (χ3n) is 2.48. The number of rotatable bonds is 2. The molecule has 1 atom stereocenters. The molecule has 86 valence electrons. The fourth-order valence-electron chi connectivity index (χ4n) is 1.79. The number of benzene rings is 1. The molecule has 0 aliphatic carbocycles. The minimum Gasteiger partial charge on any atom is -0.361 e. The van der Waals surface area contributed by atoms with Crippen LogP contribution in [0, 0.1) is 0 Å². The molecule has 2 nitrogen and oxygen atoms in total. The van der Waals surface area contributed by atoms with Crippen molar-refractivity contribution in [1.29, 1.82) is 0 Å². The molecule has 0 bridgehead atoms. The Bertz CT molecular complexity index is 487. The van der Waals surface area contributed by atoms with Gasteiger partial charge in [-0.05, 0) is 17.7 Å². The van der Waals surface area contributed by atoms with Crippen molar-refractivity contribution < 1.29 is 13.2 Å². The molecule has 0 aliphatic heterocycles. The summed E-state index contributed by atoms with van der Waals surface area (Å²) in [6, 6.07) is 5.86. The fraction of sp³-hybridized carbons (Fsp3) is 0.273. The number of hydrogen-bond acceptors (Lipinski definition) is 1. The minimum absolute atomic E-state index is 0.524. The van der Waals surface area contributed by atoms with Crippen molar-refractivity contribution in [3.8, 4) is 0 Å². The van der Waals surface area contributed by atoms with Gasteiger partial charge in [0, 0.05) is 23.1 Å². The molecule has 0 saturated carbocycles. The third-order valence-corrected chi connectivity index (χ3v) is 2.48. The lowest BCUT2D eigenvalue weighted by molar-refractivity contribution is -0.138. The van der Waals surface area contributed by atoms with Gasteiger partial charge in [0.2, 0.25) is 0 Å². The summed E-state index contributed by atoms with van der Waals surface area (Å²) in [6.07, 6.45) is -3.55. The first-order valence-electron chi connectivity index (χ1n) is 4.86. The molecule has 1 aromatic heterocycles. The fourth-order valence-corrected chi connectivity index (χ4v) is 1.79. The normalized spacial score (nSPS) is 14.2. The molecule has 2 aromatic rings. The van der Waals surface area contributed by atoms with Gasteiger partial charge in [-0.15, -0.1) is 0 Å². The largest absolute Gasteiger partial charge is 0.390 e. The minimum atomic E-state index is -4.24. The molecule has 0 aliphatic rings. The van der Waals surface area contributed by atoms with Crippen LogP contribution in [0.1, 0.15) is 18.0 Å². The average molecular weight is 228 g/mol. The highest BCUT2D eigenvalue weighted by molar-refractivity contribution is 5.83. The van der Waals surface area contributed by atoms with Gasteiger partial charge in [0.15, 0.2) is 0 Å². The van der Waals surface area contributed by atoms with Gasteiger partial charge in [-0.25, -0.2) is 0 Å². The number of fused-ring (bicyclic) bond motifs is 1. The number of halogens is 3. The van der Waals surface area contributed by atoms with Crippen molar-refractivity contribution in [3.05, 3.63) is 36.0 Å². The Morgan fingerprint density at radius 3 is 2.69 bits per heavy atom. The highest BCUT2D eigenvalue weighted by Crippen LogP contribution is 2.31. The molecule has 0 fully saturated rings. The summed E-state index contributed by atoms with van der Waals surface area (Å²) in [5.74, 6) is 0. The second kappa shape index (κ2) is 3.83. The molecule has 3 N–H and O–H groups in total. The summed E-state index contributed by atoms with van der Waals surface area (Å²) < 4.78 is 36.7. The smallest absolute Gasteiger partial charge is 0.361 e. The SMILES string of the molecule is N[C@H](CC(F)(F)F)c1cccc2[nH]ccc12. The topological polar surface area (TPSA) is 41.8 Å². The molecule has 0 amide bonds. The summed E-state index contributed by atoms with van der Waals surface area (Å²) in [5, 5.41) is 0.749. The van der Waals surface area contributed by atoms with E-state index in [0.717, 1.165) is 10.9 Å². The highest BCUT2D eigenvalue weighted by atomic mass is 19.4. The molecule has 5 heteroatoms. The summed E-state index contributed by atoms with van der Waals surface area (Å²) >= 11 is 0. The summed E-state index contributed by atoms with van der Waals surface area (Å²) in [5.41, 5.74) is 6.90. The van der Waals surface area contributed by atoms with Gasteiger partial charge < -0.3 is 10.7 Å². The monoisotopic (exact) mass is 228 g/mol. The maximum atomic E-state index is 12.2. The lowest BCUT2D eigenvalue weighted by atomic mass is 10.0. The van der Waals surface area contributed by atoms with Gasteiger partial charge in [0.25, 0.3) is 0 Å².